The van der Waals surface area contributed by atoms with Crippen molar-refractivity contribution in [1.82, 2.24) is 14.5 Å². The van der Waals surface area contributed by atoms with Crippen molar-refractivity contribution in [2.75, 3.05) is 0 Å². The number of nitrogens with zero attached hydrogens (tertiary/aromatic N) is 3. The summed E-state index contributed by atoms with van der Waals surface area (Å²) in [6.07, 6.45) is 4.75. The molecule has 2 aromatic rings. The molecule has 0 aromatic carbocycles. The number of rotatable bonds is 2. The highest BCUT2D eigenvalue weighted by molar-refractivity contribution is 5.38. The first-order chi connectivity index (χ1) is 7.22. The van der Waals surface area contributed by atoms with Crippen LogP contribution < -0.4 is 0 Å². The molecule has 0 saturated carbocycles. The van der Waals surface area contributed by atoms with Crippen molar-refractivity contribution in [3.05, 3.63) is 41.7 Å². The summed E-state index contributed by atoms with van der Waals surface area (Å²) >= 11 is 0. The van der Waals surface area contributed by atoms with Gasteiger partial charge in [-0.05, 0) is 26.0 Å². The van der Waals surface area contributed by atoms with Gasteiger partial charge in [-0.2, -0.15) is 0 Å². The maximum absolute atomic E-state index is 4.46. The summed E-state index contributed by atoms with van der Waals surface area (Å²) < 4.78 is 2.10. The minimum atomic E-state index is 0.931. The van der Waals surface area contributed by atoms with E-state index in [1.807, 2.05) is 32.3 Å². The minimum Gasteiger partial charge on any atom is -0.302 e. The van der Waals surface area contributed by atoms with Crippen LogP contribution in [0, 0.1) is 13.8 Å². The van der Waals surface area contributed by atoms with Crippen molar-refractivity contribution in [1.29, 1.82) is 0 Å². The van der Waals surface area contributed by atoms with Crippen LogP contribution in [-0.2, 0) is 6.42 Å². The predicted octanol–water partition coefficient (Wildman–Crippen LogP) is 2.45. The molecule has 3 heteroatoms. The highest BCUT2D eigenvalue weighted by atomic mass is 15.1. The van der Waals surface area contributed by atoms with Crippen LogP contribution in [0.15, 0.2) is 24.5 Å². The van der Waals surface area contributed by atoms with Crippen LogP contribution >= 0.6 is 0 Å². The molecule has 0 amide bonds. The Hall–Kier alpha value is -1.64. The Morgan fingerprint density at radius 1 is 1.27 bits per heavy atom. The third kappa shape index (κ3) is 1.77. The third-order valence-corrected chi connectivity index (χ3v) is 2.49. The van der Waals surface area contributed by atoms with E-state index < -0.39 is 0 Å². The maximum Gasteiger partial charge on any atom is 0.112 e. The zero-order valence-corrected chi connectivity index (χ0v) is 9.36. The summed E-state index contributed by atoms with van der Waals surface area (Å²) in [7, 11) is 0. The second kappa shape index (κ2) is 3.85. The van der Waals surface area contributed by atoms with Gasteiger partial charge in [0.1, 0.15) is 5.82 Å². The summed E-state index contributed by atoms with van der Waals surface area (Å²) in [5.41, 5.74) is 3.21. The summed E-state index contributed by atoms with van der Waals surface area (Å²) in [5.74, 6) is 1.07. The Bertz CT molecular complexity index is 471. The molecule has 2 rings (SSSR count). The van der Waals surface area contributed by atoms with Crippen LogP contribution in [0.25, 0.3) is 5.69 Å². The summed E-state index contributed by atoms with van der Waals surface area (Å²) in [6.45, 7) is 6.14. The lowest BCUT2D eigenvalue weighted by atomic mass is 10.2. The van der Waals surface area contributed by atoms with E-state index in [1.54, 1.807) is 0 Å². The molecule has 0 N–H and O–H groups in total. The van der Waals surface area contributed by atoms with Crippen molar-refractivity contribution in [2.45, 2.75) is 27.2 Å². The predicted molar refractivity (Wildman–Crippen MR) is 60.2 cm³/mol. The number of imidazole rings is 1. The van der Waals surface area contributed by atoms with Crippen molar-refractivity contribution >= 4 is 0 Å². The van der Waals surface area contributed by atoms with Crippen LogP contribution in [-0.4, -0.2) is 14.5 Å². The van der Waals surface area contributed by atoms with Gasteiger partial charge in [0.05, 0.1) is 11.4 Å². The highest BCUT2D eigenvalue weighted by Gasteiger charge is 2.06. The first kappa shape index (κ1) is 9.90. The number of aromatic nitrogens is 3. The monoisotopic (exact) mass is 201 g/mol. The molecule has 2 aromatic heterocycles. The van der Waals surface area contributed by atoms with Crippen molar-refractivity contribution in [3.63, 3.8) is 0 Å². The number of pyridine rings is 1. The Kier molecular flexibility index (Phi) is 2.54. The van der Waals surface area contributed by atoms with E-state index in [4.69, 9.17) is 0 Å². The van der Waals surface area contributed by atoms with Crippen LogP contribution in [0.4, 0.5) is 0 Å². The summed E-state index contributed by atoms with van der Waals surface area (Å²) in [6, 6.07) is 4.13. The molecule has 3 nitrogen and oxygen atoms in total. The van der Waals surface area contributed by atoms with Gasteiger partial charge >= 0.3 is 0 Å². The fourth-order valence-electron chi connectivity index (χ4n) is 1.75. The molecule has 0 aliphatic carbocycles. The normalized spacial score (nSPS) is 10.6. The Balaban J connectivity index is 2.54. The molecule has 0 spiro atoms. The Labute approximate surface area is 89.8 Å². The molecule has 0 fully saturated rings. The van der Waals surface area contributed by atoms with E-state index in [9.17, 15) is 0 Å². The van der Waals surface area contributed by atoms with Gasteiger partial charge in [0.25, 0.3) is 0 Å². The first-order valence-electron chi connectivity index (χ1n) is 5.19. The minimum absolute atomic E-state index is 0.931. The molecule has 15 heavy (non-hydrogen) atoms. The van der Waals surface area contributed by atoms with Crippen LogP contribution in [0.1, 0.15) is 24.1 Å². The van der Waals surface area contributed by atoms with Crippen LogP contribution in [0.5, 0.6) is 0 Å². The molecule has 0 saturated heterocycles. The molecule has 0 aliphatic rings. The SMILES string of the molecule is CCc1nccn1-c1ccc(C)nc1C. The smallest absolute Gasteiger partial charge is 0.112 e. The molecule has 0 radical (unpaired) electrons. The third-order valence-electron chi connectivity index (χ3n) is 2.49. The average molecular weight is 201 g/mol. The first-order valence-corrected chi connectivity index (χ1v) is 5.19. The highest BCUT2D eigenvalue weighted by Crippen LogP contribution is 2.14. The average Bonchev–Trinajstić information content (AvgIpc) is 2.65. The molecular weight excluding hydrogens is 186 g/mol. The molecule has 0 unspecified atom stereocenters. The van der Waals surface area contributed by atoms with Gasteiger partial charge in [0.2, 0.25) is 0 Å². The number of aryl methyl sites for hydroxylation is 3. The second-order valence-electron chi connectivity index (χ2n) is 3.62. The molecule has 0 bridgehead atoms. The second-order valence-corrected chi connectivity index (χ2v) is 3.62. The van der Waals surface area contributed by atoms with Gasteiger partial charge in [0.15, 0.2) is 0 Å². The Morgan fingerprint density at radius 2 is 2.07 bits per heavy atom. The maximum atomic E-state index is 4.46. The number of hydrogen-bond donors (Lipinski definition) is 0. The van der Waals surface area contributed by atoms with E-state index in [2.05, 4.69) is 27.5 Å². The van der Waals surface area contributed by atoms with Crippen LogP contribution in [0.3, 0.4) is 0 Å². The van der Waals surface area contributed by atoms with Crippen molar-refractivity contribution in [3.8, 4) is 5.69 Å². The molecular formula is C12H15N3. The molecule has 0 atom stereocenters. The van der Waals surface area contributed by atoms with Crippen molar-refractivity contribution < 1.29 is 0 Å². The van der Waals surface area contributed by atoms with Gasteiger partial charge in [-0.3, -0.25) is 4.98 Å². The van der Waals surface area contributed by atoms with Crippen molar-refractivity contribution in [2.24, 2.45) is 0 Å². The van der Waals surface area contributed by atoms with E-state index >= 15 is 0 Å². The van der Waals surface area contributed by atoms with Gasteiger partial charge in [-0.25, -0.2) is 4.98 Å². The zero-order chi connectivity index (χ0) is 10.8. The molecule has 78 valence electrons. The summed E-state index contributed by atoms with van der Waals surface area (Å²) in [4.78, 5) is 8.77. The summed E-state index contributed by atoms with van der Waals surface area (Å²) in [5, 5.41) is 0. The van der Waals surface area contributed by atoms with Crippen LogP contribution in [0.2, 0.25) is 0 Å². The zero-order valence-electron chi connectivity index (χ0n) is 9.36. The van der Waals surface area contributed by atoms with Gasteiger partial charge in [0, 0.05) is 24.5 Å². The van der Waals surface area contributed by atoms with E-state index in [0.717, 1.165) is 29.3 Å². The van der Waals surface area contributed by atoms with Gasteiger partial charge in [-0.1, -0.05) is 6.92 Å². The van der Waals surface area contributed by atoms with E-state index in [0.29, 0.717) is 0 Å². The molecule has 2 heterocycles. The topological polar surface area (TPSA) is 30.7 Å². The molecule has 0 aliphatic heterocycles. The number of hydrogen-bond acceptors (Lipinski definition) is 2. The lowest BCUT2D eigenvalue weighted by Gasteiger charge is -2.09. The fourth-order valence-corrected chi connectivity index (χ4v) is 1.75. The fraction of sp³-hybridized carbons (Fsp3) is 0.333. The lowest BCUT2D eigenvalue weighted by Crippen LogP contribution is -2.03. The standard InChI is InChI=1S/C12H15N3/c1-4-12-13-7-8-15(12)11-6-5-9(2)14-10(11)3/h5-8H,4H2,1-3H3. The van der Waals surface area contributed by atoms with Gasteiger partial charge < -0.3 is 4.57 Å². The van der Waals surface area contributed by atoms with E-state index in [-0.39, 0.29) is 0 Å². The largest absolute Gasteiger partial charge is 0.302 e. The van der Waals surface area contributed by atoms with E-state index in [1.165, 1.54) is 0 Å². The Morgan fingerprint density at radius 3 is 2.73 bits per heavy atom. The lowest BCUT2D eigenvalue weighted by molar-refractivity contribution is 0.875. The van der Waals surface area contributed by atoms with Gasteiger partial charge in [-0.15, -0.1) is 0 Å². The quantitative estimate of drug-likeness (QED) is 0.747.